The van der Waals surface area contributed by atoms with Gasteiger partial charge in [-0.2, -0.15) is 13.2 Å². The summed E-state index contributed by atoms with van der Waals surface area (Å²) in [6, 6.07) is -0.611. The highest BCUT2D eigenvalue weighted by molar-refractivity contribution is 5.18. The van der Waals surface area contributed by atoms with Crippen molar-refractivity contribution in [3.63, 3.8) is 0 Å². The molecule has 0 aromatic carbocycles. The fourth-order valence-corrected chi connectivity index (χ4v) is 2.59. The van der Waals surface area contributed by atoms with E-state index in [0.29, 0.717) is 0 Å². The van der Waals surface area contributed by atoms with Crippen molar-refractivity contribution in [1.82, 2.24) is 14.9 Å². The number of nitrogens with one attached hydrogen (secondary N) is 1. The fraction of sp³-hybridized carbons (Fsp3) is 0.750. The van der Waals surface area contributed by atoms with Gasteiger partial charge in [-0.15, -0.1) is 0 Å². The molecule has 2 unspecified atom stereocenters. The standard InChI is InChI=1S/C12H18F3N3/c1-9(5-12(13,14)15)18-8-17-6-10(18)11(2)3-4-16-7-11/h6,8-9,16H,3-5,7H2,1-2H3. The molecule has 102 valence electrons. The van der Waals surface area contributed by atoms with E-state index in [9.17, 15) is 13.2 Å². The van der Waals surface area contributed by atoms with Gasteiger partial charge in [0.25, 0.3) is 0 Å². The predicted molar refractivity (Wildman–Crippen MR) is 62.4 cm³/mol. The molecule has 1 aromatic heterocycles. The van der Waals surface area contributed by atoms with Crippen LogP contribution in [0.5, 0.6) is 0 Å². The molecule has 0 aliphatic carbocycles. The maximum Gasteiger partial charge on any atom is 0.391 e. The van der Waals surface area contributed by atoms with Crippen LogP contribution in [0.2, 0.25) is 0 Å². The summed E-state index contributed by atoms with van der Waals surface area (Å²) in [7, 11) is 0. The number of hydrogen-bond acceptors (Lipinski definition) is 2. The Balaban J connectivity index is 2.22. The molecule has 0 amide bonds. The first-order chi connectivity index (χ1) is 8.32. The molecular formula is C12H18F3N3. The fourth-order valence-electron chi connectivity index (χ4n) is 2.59. The van der Waals surface area contributed by atoms with Gasteiger partial charge in [-0.05, 0) is 19.9 Å². The number of hydrogen-bond donors (Lipinski definition) is 1. The monoisotopic (exact) mass is 261 g/mol. The van der Waals surface area contributed by atoms with Gasteiger partial charge in [0.1, 0.15) is 0 Å². The predicted octanol–water partition coefficient (Wildman–Crippen LogP) is 2.65. The highest BCUT2D eigenvalue weighted by Gasteiger charge is 2.36. The van der Waals surface area contributed by atoms with E-state index in [0.717, 1.165) is 25.2 Å². The Bertz CT molecular complexity index is 405. The molecule has 1 aliphatic heterocycles. The van der Waals surface area contributed by atoms with Crippen LogP contribution in [0.4, 0.5) is 13.2 Å². The molecule has 0 saturated carbocycles. The van der Waals surface area contributed by atoms with E-state index in [1.165, 1.54) is 6.33 Å². The van der Waals surface area contributed by atoms with E-state index in [2.05, 4.69) is 17.2 Å². The smallest absolute Gasteiger partial charge is 0.331 e. The molecule has 3 nitrogen and oxygen atoms in total. The largest absolute Gasteiger partial charge is 0.391 e. The van der Waals surface area contributed by atoms with Crippen LogP contribution >= 0.6 is 0 Å². The topological polar surface area (TPSA) is 29.9 Å². The average molecular weight is 261 g/mol. The van der Waals surface area contributed by atoms with E-state index in [-0.39, 0.29) is 5.41 Å². The molecule has 1 aromatic rings. The van der Waals surface area contributed by atoms with E-state index in [1.54, 1.807) is 17.7 Å². The first-order valence-electron chi connectivity index (χ1n) is 6.12. The number of imidazole rings is 1. The second-order valence-electron chi connectivity index (χ2n) is 5.34. The lowest BCUT2D eigenvalue weighted by atomic mass is 9.86. The molecule has 1 N–H and O–H groups in total. The molecule has 0 bridgehead atoms. The normalized spacial score (nSPS) is 26.5. The quantitative estimate of drug-likeness (QED) is 0.906. The van der Waals surface area contributed by atoms with E-state index < -0.39 is 18.6 Å². The van der Waals surface area contributed by atoms with Crippen molar-refractivity contribution in [1.29, 1.82) is 0 Å². The van der Waals surface area contributed by atoms with E-state index in [1.807, 2.05) is 0 Å². The van der Waals surface area contributed by atoms with Crippen molar-refractivity contribution in [3.8, 4) is 0 Å². The van der Waals surface area contributed by atoms with Crippen LogP contribution in [0.15, 0.2) is 12.5 Å². The average Bonchev–Trinajstić information content (AvgIpc) is 2.82. The van der Waals surface area contributed by atoms with Gasteiger partial charge in [0.05, 0.1) is 12.7 Å². The van der Waals surface area contributed by atoms with Crippen LogP contribution in [0, 0.1) is 0 Å². The number of aromatic nitrogens is 2. The molecular weight excluding hydrogens is 243 g/mol. The van der Waals surface area contributed by atoms with Crippen molar-refractivity contribution < 1.29 is 13.2 Å². The van der Waals surface area contributed by atoms with Crippen molar-refractivity contribution >= 4 is 0 Å². The minimum Gasteiger partial charge on any atom is -0.331 e. The Kier molecular flexibility index (Phi) is 3.40. The Morgan fingerprint density at radius 2 is 2.28 bits per heavy atom. The number of halogens is 3. The van der Waals surface area contributed by atoms with E-state index >= 15 is 0 Å². The number of alkyl halides is 3. The Morgan fingerprint density at radius 3 is 2.83 bits per heavy atom. The maximum atomic E-state index is 12.5. The minimum atomic E-state index is -4.14. The van der Waals surface area contributed by atoms with Crippen LogP contribution in [-0.4, -0.2) is 28.8 Å². The summed E-state index contributed by atoms with van der Waals surface area (Å²) in [4.78, 5) is 4.03. The van der Waals surface area contributed by atoms with Crippen molar-refractivity contribution in [2.75, 3.05) is 13.1 Å². The lowest BCUT2D eigenvalue weighted by Crippen LogP contribution is -2.29. The van der Waals surface area contributed by atoms with Crippen molar-refractivity contribution in [2.45, 2.75) is 44.3 Å². The summed E-state index contributed by atoms with van der Waals surface area (Å²) < 4.78 is 39.0. The summed E-state index contributed by atoms with van der Waals surface area (Å²) in [6.45, 7) is 5.35. The highest BCUT2D eigenvalue weighted by atomic mass is 19.4. The zero-order valence-electron chi connectivity index (χ0n) is 10.6. The maximum absolute atomic E-state index is 12.5. The van der Waals surface area contributed by atoms with Gasteiger partial charge >= 0.3 is 6.18 Å². The SMILES string of the molecule is CC(CC(F)(F)F)n1cncc1C1(C)CCNC1. The summed E-state index contributed by atoms with van der Waals surface area (Å²) in [5.41, 5.74) is 0.778. The van der Waals surface area contributed by atoms with Crippen molar-refractivity contribution in [3.05, 3.63) is 18.2 Å². The van der Waals surface area contributed by atoms with E-state index in [4.69, 9.17) is 0 Å². The highest BCUT2D eigenvalue weighted by Crippen LogP contribution is 2.34. The van der Waals surface area contributed by atoms with Gasteiger partial charge in [0.2, 0.25) is 0 Å². The molecule has 18 heavy (non-hydrogen) atoms. The molecule has 1 aliphatic rings. The number of nitrogens with zero attached hydrogens (tertiary/aromatic N) is 2. The zero-order valence-corrected chi connectivity index (χ0v) is 10.6. The van der Waals surface area contributed by atoms with Gasteiger partial charge in [0.15, 0.2) is 0 Å². The van der Waals surface area contributed by atoms with Crippen LogP contribution in [0.1, 0.15) is 38.4 Å². The summed E-state index contributed by atoms with van der Waals surface area (Å²) in [5.74, 6) is 0. The molecule has 1 saturated heterocycles. The summed E-state index contributed by atoms with van der Waals surface area (Å²) in [5, 5.41) is 3.25. The third-order valence-electron chi connectivity index (χ3n) is 3.65. The molecule has 2 atom stereocenters. The number of rotatable bonds is 3. The van der Waals surface area contributed by atoms with Gasteiger partial charge in [-0.25, -0.2) is 4.98 Å². The second-order valence-corrected chi connectivity index (χ2v) is 5.34. The van der Waals surface area contributed by atoms with Gasteiger partial charge in [0, 0.05) is 29.9 Å². The molecule has 6 heteroatoms. The zero-order chi connectivity index (χ0) is 13.4. The molecule has 2 rings (SSSR count). The van der Waals surface area contributed by atoms with Gasteiger partial charge in [-0.3, -0.25) is 0 Å². The first-order valence-corrected chi connectivity index (χ1v) is 6.12. The third-order valence-corrected chi connectivity index (χ3v) is 3.65. The Labute approximate surface area is 104 Å². The minimum absolute atomic E-state index is 0.115. The van der Waals surface area contributed by atoms with Crippen LogP contribution in [0.25, 0.3) is 0 Å². The molecule has 1 fully saturated rings. The van der Waals surface area contributed by atoms with Crippen molar-refractivity contribution in [2.24, 2.45) is 0 Å². The van der Waals surface area contributed by atoms with Crippen LogP contribution in [0.3, 0.4) is 0 Å². The lowest BCUT2D eigenvalue weighted by Gasteiger charge is -2.27. The summed E-state index contributed by atoms with van der Waals surface area (Å²) in [6.07, 6.45) is -0.831. The molecule has 2 heterocycles. The van der Waals surface area contributed by atoms with Crippen LogP contribution in [-0.2, 0) is 5.41 Å². The third kappa shape index (κ3) is 2.68. The Hall–Kier alpha value is -1.04. The molecule has 0 radical (unpaired) electrons. The molecule has 0 spiro atoms. The Morgan fingerprint density at radius 1 is 1.56 bits per heavy atom. The first kappa shape index (κ1) is 13.4. The van der Waals surface area contributed by atoms with Crippen LogP contribution < -0.4 is 5.32 Å². The summed E-state index contributed by atoms with van der Waals surface area (Å²) >= 11 is 0. The lowest BCUT2D eigenvalue weighted by molar-refractivity contribution is -0.141. The van der Waals surface area contributed by atoms with Gasteiger partial charge in [-0.1, -0.05) is 6.92 Å². The second kappa shape index (κ2) is 4.57. The van der Waals surface area contributed by atoms with Gasteiger partial charge < -0.3 is 9.88 Å².